The second-order valence-corrected chi connectivity index (χ2v) is 6.48. The van der Waals surface area contributed by atoms with Crippen LogP contribution in [0, 0.1) is 20.8 Å². The Morgan fingerprint density at radius 1 is 1.07 bits per heavy atom. The minimum Gasteiger partial charge on any atom is -0.476 e. The van der Waals surface area contributed by atoms with Crippen molar-refractivity contribution < 1.29 is 14.7 Å². The molecule has 1 heterocycles. The Labute approximate surface area is 155 Å². The van der Waals surface area contributed by atoms with Crippen LogP contribution in [0.2, 0.25) is 0 Å². The molecule has 0 bridgehead atoms. The summed E-state index contributed by atoms with van der Waals surface area (Å²) >= 11 is 0. The minimum absolute atomic E-state index is 0.209. The van der Waals surface area contributed by atoms with Crippen LogP contribution in [0.3, 0.4) is 0 Å². The molecule has 0 aliphatic carbocycles. The lowest BCUT2D eigenvalue weighted by atomic mass is 10.1. The molecule has 1 amide bonds. The number of fused-ring (bicyclic) bond motifs is 1. The van der Waals surface area contributed by atoms with Gasteiger partial charge in [-0.1, -0.05) is 35.9 Å². The number of nitrogens with zero attached hydrogens (tertiary/aromatic N) is 2. The Balaban J connectivity index is 1.97. The molecule has 27 heavy (non-hydrogen) atoms. The van der Waals surface area contributed by atoms with Crippen molar-refractivity contribution in [2.45, 2.75) is 27.3 Å². The average Bonchev–Trinajstić information content (AvgIpc) is 2.60. The summed E-state index contributed by atoms with van der Waals surface area (Å²) in [6.07, 6.45) is 0. The van der Waals surface area contributed by atoms with Crippen LogP contribution in [0.25, 0.3) is 10.8 Å². The Morgan fingerprint density at radius 2 is 1.67 bits per heavy atom. The number of carboxylic acids is 1. The van der Waals surface area contributed by atoms with E-state index in [9.17, 15) is 19.5 Å². The number of rotatable bonds is 4. The molecule has 0 saturated carbocycles. The van der Waals surface area contributed by atoms with Gasteiger partial charge in [-0.3, -0.25) is 9.59 Å². The number of anilines is 1. The number of aryl methyl sites for hydroxylation is 3. The molecule has 7 nitrogen and oxygen atoms in total. The predicted octanol–water partition coefficient (Wildman–Crippen LogP) is 2.66. The maximum Gasteiger partial charge on any atom is 0.357 e. The van der Waals surface area contributed by atoms with Gasteiger partial charge in [0.15, 0.2) is 5.69 Å². The van der Waals surface area contributed by atoms with E-state index >= 15 is 0 Å². The summed E-state index contributed by atoms with van der Waals surface area (Å²) in [5, 5.41) is 16.5. The van der Waals surface area contributed by atoms with Crippen molar-refractivity contribution in [1.82, 2.24) is 9.78 Å². The highest BCUT2D eigenvalue weighted by molar-refractivity contribution is 6.01. The first-order valence-corrected chi connectivity index (χ1v) is 8.39. The Morgan fingerprint density at radius 3 is 2.26 bits per heavy atom. The maximum absolute atomic E-state index is 12.6. The molecule has 2 aromatic carbocycles. The zero-order valence-electron chi connectivity index (χ0n) is 15.2. The first-order chi connectivity index (χ1) is 12.8. The molecule has 0 radical (unpaired) electrons. The summed E-state index contributed by atoms with van der Waals surface area (Å²) < 4.78 is 0.889. The second-order valence-electron chi connectivity index (χ2n) is 6.48. The number of amides is 1. The van der Waals surface area contributed by atoms with Crippen LogP contribution in [0.5, 0.6) is 0 Å². The van der Waals surface area contributed by atoms with E-state index in [1.807, 2.05) is 32.9 Å². The topological polar surface area (TPSA) is 101 Å². The normalized spacial score (nSPS) is 10.8. The molecule has 2 N–H and O–H groups in total. The maximum atomic E-state index is 12.6. The van der Waals surface area contributed by atoms with Crippen LogP contribution in [0.4, 0.5) is 5.69 Å². The SMILES string of the molecule is Cc1cc(C)c(NC(=O)Cn2nc(C(=O)O)c3ccccc3c2=O)c(C)c1. The molecule has 0 atom stereocenters. The van der Waals surface area contributed by atoms with Crippen LogP contribution in [-0.4, -0.2) is 26.8 Å². The third-order valence-corrected chi connectivity index (χ3v) is 4.31. The van der Waals surface area contributed by atoms with E-state index in [1.54, 1.807) is 12.1 Å². The van der Waals surface area contributed by atoms with Gasteiger partial charge >= 0.3 is 5.97 Å². The van der Waals surface area contributed by atoms with Crippen molar-refractivity contribution in [2.75, 3.05) is 5.32 Å². The highest BCUT2D eigenvalue weighted by Crippen LogP contribution is 2.22. The van der Waals surface area contributed by atoms with Crippen molar-refractivity contribution in [3.8, 4) is 0 Å². The summed E-state index contributed by atoms with van der Waals surface area (Å²) in [7, 11) is 0. The lowest BCUT2D eigenvalue weighted by molar-refractivity contribution is -0.117. The van der Waals surface area contributed by atoms with E-state index in [0.717, 1.165) is 21.4 Å². The lowest BCUT2D eigenvalue weighted by Crippen LogP contribution is -2.31. The number of nitrogens with one attached hydrogen (secondary N) is 1. The monoisotopic (exact) mass is 365 g/mol. The standard InChI is InChI=1S/C20H19N3O4/c1-11-8-12(2)17(13(3)9-11)21-16(24)10-23-19(25)15-7-5-4-6-14(15)18(22-23)20(26)27/h4-9H,10H2,1-3H3,(H,21,24)(H,26,27). The van der Waals surface area contributed by atoms with Gasteiger partial charge in [0.1, 0.15) is 6.54 Å². The van der Waals surface area contributed by atoms with E-state index in [2.05, 4.69) is 10.4 Å². The minimum atomic E-state index is -1.26. The van der Waals surface area contributed by atoms with Crippen molar-refractivity contribution in [1.29, 1.82) is 0 Å². The molecule has 3 rings (SSSR count). The lowest BCUT2D eigenvalue weighted by Gasteiger charge is -2.14. The summed E-state index contributed by atoms with van der Waals surface area (Å²) in [6, 6.07) is 10.2. The van der Waals surface area contributed by atoms with Crippen molar-refractivity contribution in [3.05, 3.63) is 69.1 Å². The largest absolute Gasteiger partial charge is 0.476 e. The zero-order chi connectivity index (χ0) is 19.7. The number of hydrogen-bond acceptors (Lipinski definition) is 4. The van der Waals surface area contributed by atoms with Crippen LogP contribution >= 0.6 is 0 Å². The molecule has 0 aliphatic rings. The summed E-state index contributed by atoms with van der Waals surface area (Å²) in [4.78, 5) is 36.6. The number of hydrogen-bond donors (Lipinski definition) is 2. The van der Waals surface area contributed by atoms with Gasteiger partial charge in [0.05, 0.1) is 5.39 Å². The number of carbonyl (C=O) groups excluding carboxylic acids is 1. The molecule has 1 aromatic heterocycles. The van der Waals surface area contributed by atoms with Gasteiger partial charge in [-0.25, -0.2) is 9.48 Å². The van der Waals surface area contributed by atoms with Gasteiger partial charge in [-0.05, 0) is 38.0 Å². The second kappa shape index (κ2) is 7.03. The quantitative estimate of drug-likeness (QED) is 0.740. The van der Waals surface area contributed by atoms with Crippen molar-refractivity contribution in [2.24, 2.45) is 0 Å². The van der Waals surface area contributed by atoms with Crippen LogP contribution in [0.1, 0.15) is 27.2 Å². The number of carbonyl (C=O) groups is 2. The Kier molecular flexibility index (Phi) is 4.77. The average molecular weight is 365 g/mol. The molecular formula is C20H19N3O4. The van der Waals surface area contributed by atoms with Crippen LogP contribution in [-0.2, 0) is 11.3 Å². The summed E-state index contributed by atoms with van der Waals surface area (Å²) in [6.45, 7) is 5.37. The van der Waals surface area contributed by atoms with E-state index in [1.165, 1.54) is 12.1 Å². The smallest absolute Gasteiger partial charge is 0.357 e. The molecule has 0 unspecified atom stereocenters. The summed E-state index contributed by atoms with van der Waals surface area (Å²) in [5.74, 6) is -1.71. The van der Waals surface area contributed by atoms with E-state index in [-0.39, 0.29) is 23.0 Å². The molecule has 0 spiro atoms. The highest BCUT2D eigenvalue weighted by Gasteiger charge is 2.17. The first kappa shape index (κ1) is 18.3. The van der Waals surface area contributed by atoms with Crippen LogP contribution < -0.4 is 10.9 Å². The Bertz CT molecular complexity index is 1110. The molecule has 7 heteroatoms. The predicted molar refractivity (Wildman–Crippen MR) is 102 cm³/mol. The fraction of sp³-hybridized carbons (Fsp3) is 0.200. The van der Waals surface area contributed by atoms with Crippen molar-refractivity contribution in [3.63, 3.8) is 0 Å². The number of aromatic nitrogens is 2. The molecule has 0 saturated heterocycles. The van der Waals surface area contributed by atoms with Gasteiger partial charge in [-0.2, -0.15) is 5.10 Å². The van der Waals surface area contributed by atoms with Crippen molar-refractivity contribution >= 4 is 28.3 Å². The van der Waals surface area contributed by atoms with Gasteiger partial charge in [0.2, 0.25) is 5.91 Å². The van der Waals surface area contributed by atoms with Gasteiger partial charge in [0, 0.05) is 11.1 Å². The molecule has 0 aliphatic heterocycles. The molecule has 3 aromatic rings. The van der Waals surface area contributed by atoms with E-state index in [0.29, 0.717) is 5.69 Å². The number of carboxylic acid groups (broad SMARTS) is 1. The zero-order valence-corrected chi connectivity index (χ0v) is 15.2. The molecular weight excluding hydrogens is 346 g/mol. The fourth-order valence-electron chi connectivity index (χ4n) is 3.19. The van der Waals surface area contributed by atoms with Gasteiger partial charge in [-0.15, -0.1) is 0 Å². The Hall–Kier alpha value is -3.48. The fourth-order valence-corrected chi connectivity index (χ4v) is 3.19. The molecule has 138 valence electrons. The van der Waals surface area contributed by atoms with Crippen LogP contribution in [0.15, 0.2) is 41.2 Å². The van der Waals surface area contributed by atoms with Gasteiger partial charge in [0.25, 0.3) is 5.56 Å². The first-order valence-electron chi connectivity index (χ1n) is 8.39. The summed E-state index contributed by atoms with van der Waals surface area (Å²) in [5.41, 5.74) is 2.81. The van der Waals surface area contributed by atoms with E-state index in [4.69, 9.17) is 0 Å². The third kappa shape index (κ3) is 3.57. The third-order valence-electron chi connectivity index (χ3n) is 4.31. The number of aromatic carboxylic acids is 1. The number of benzene rings is 2. The highest BCUT2D eigenvalue weighted by atomic mass is 16.4. The molecule has 0 fully saturated rings. The van der Waals surface area contributed by atoms with E-state index < -0.39 is 17.4 Å². The van der Waals surface area contributed by atoms with Gasteiger partial charge < -0.3 is 10.4 Å².